The second-order valence-corrected chi connectivity index (χ2v) is 6.41. The van der Waals surface area contributed by atoms with Crippen LogP contribution in [0, 0.1) is 23.0 Å². The minimum Gasteiger partial charge on any atom is -0.378 e. The van der Waals surface area contributed by atoms with Crippen LogP contribution in [-0.2, 0) is 0 Å². The molecule has 116 valence electrons. The van der Waals surface area contributed by atoms with Gasteiger partial charge in [0.25, 0.3) is 5.69 Å². The third-order valence-electron chi connectivity index (χ3n) is 4.98. The average molecular weight is 306 g/mol. The van der Waals surface area contributed by atoms with Gasteiger partial charge in [0, 0.05) is 23.7 Å². The van der Waals surface area contributed by atoms with Crippen LogP contribution in [0.3, 0.4) is 0 Å². The Bertz CT molecular complexity index is 796. The Labute approximate surface area is 135 Å². The molecule has 4 nitrogen and oxygen atoms in total. The topological polar surface area (TPSA) is 55.2 Å². The molecular formula is C19H18N2O2. The summed E-state index contributed by atoms with van der Waals surface area (Å²) in [5, 5.41) is 14.5. The third-order valence-corrected chi connectivity index (χ3v) is 4.98. The van der Waals surface area contributed by atoms with Crippen LogP contribution in [0.2, 0.25) is 0 Å². The Kier molecular flexibility index (Phi) is 3.18. The molecule has 4 rings (SSSR count). The van der Waals surface area contributed by atoms with E-state index in [9.17, 15) is 10.1 Å². The van der Waals surface area contributed by atoms with E-state index in [1.807, 2.05) is 12.1 Å². The van der Waals surface area contributed by atoms with E-state index < -0.39 is 0 Å². The highest BCUT2D eigenvalue weighted by Gasteiger charge is 2.37. The number of nitrogens with zero attached hydrogens (tertiary/aromatic N) is 1. The van der Waals surface area contributed by atoms with Crippen molar-refractivity contribution >= 4 is 11.4 Å². The number of benzene rings is 2. The molecule has 1 aliphatic heterocycles. The highest BCUT2D eigenvalue weighted by Crippen LogP contribution is 2.49. The Hall–Kier alpha value is -2.62. The average Bonchev–Trinajstić information content (AvgIpc) is 3.03. The summed E-state index contributed by atoms with van der Waals surface area (Å²) in [7, 11) is 0. The number of nitro groups is 1. The first-order chi connectivity index (χ1) is 11.1. The molecule has 0 aromatic heterocycles. The molecule has 0 fully saturated rings. The summed E-state index contributed by atoms with van der Waals surface area (Å²) in [6, 6.07) is 13.7. The zero-order valence-electron chi connectivity index (χ0n) is 12.9. The predicted octanol–water partition coefficient (Wildman–Crippen LogP) is 4.73. The number of aryl methyl sites for hydroxylation is 1. The smallest absolute Gasteiger partial charge is 0.269 e. The Morgan fingerprint density at radius 1 is 1.17 bits per heavy atom. The van der Waals surface area contributed by atoms with Gasteiger partial charge < -0.3 is 5.32 Å². The normalized spacial score (nSPS) is 24.7. The van der Waals surface area contributed by atoms with Crippen LogP contribution in [0.4, 0.5) is 11.4 Å². The summed E-state index contributed by atoms with van der Waals surface area (Å²) >= 11 is 0. The molecule has 0 saturated heterocycles. The van der Waals surface area contributed by atoms with Gasteiger partial charge in [-0.3, -0.25) is 10.1 Å². The SMILES string of the molecule is Cc1ccc2c(c1)N[C@@H](c1ccc([N+](=O)[O-])cc1)[C@@H]1CC=C[C@H]21. The van der Waals surface area contributed by atoms with Crippen LogP contribution in [-0.4, -0.2) is 4.92 Å². The Morgan fingerprint density at radius 3 is 2.70 bits per heavy atom. The number of anilines is 1. The number of non-ortho nitro benzene ring substituents is 1. The molecule has 0 amide bonds. The van der Waals surface area contributed by atoms with E-state index in [1.54, 1.807) is 12.1 Å². The van der Waals surface area contributed by atoms with Gasteiger partial charge in [0.2, 0.25) is 0 Å². The maximum absolute atomic E-state index is 10.9. The second kappa shape index (κ2) is 5.23. The molecular weight excluding hydrogens is 288 g/mol. The van der Waals surface area contributed by atoms with E-state index in [0.29, 0.717) is 11.8 Å². The van der Waals surface area contributed by atoms with Crippen LogP contribution in [0.25, 0.3) is 0 Å². The zero-order valence-corrected chi connectivity index (χ0v) is 12.9. The summed E-state index contributed by atoms with van der Waals surface area (Å²) in [5.74, 6) is 0.888. The number of hydrogen-bond donors (Lipinski definition) is 1. The standard InChI is InChI=1S/C19H18N2O2/c1-12-5-10-16-15-3-2-4-17(15)19(20-18(16)11-12)13-6-8-14(9-7-13)21(22)23/h2-3,5-11,15,17,19-20H,4H2,1H3/t15-,17-,19+/m1/s1. The second-order valence-electron chi connectivity index (χ2n) is 6.41. The van der Waals surface area contributed by atoms with Crippen LogP contribution in [0.1, 0.15) is 35.1 Å². The number of fused-ring (bicyclic) bond motifs is 3. The van der Waals surface area contributed by atoms with Crippen LogP contribution in [0.15, 0.2) is 54.6 Å². The van der Waals surface area contributed by atoms with Crippen molar-refractivity contribution in [1.82, 2.24) is 0 Å². The monoisotopic (exact) mass is 306 g/mol. The van der Waals surface area contributed by atoms with Crippen molar-refractivity contribution < 1.29 is 4.92 Å². The first kappa shape index (κ1) is 14.0. The minimum atomic E-state index is -0.351. The maximum atomic E-state index is 10.9. The van der Waals surface area contributed by atoms with Crippen LogP contribution < -0.4 is 5.32 Å². The van der Waals surface area contributed by atoms with Gasteiger partial charge in [0.1, 0.15) is 0 Å². The van der Waals surface area contributed by atoms with E-state index >= 15 is 0 Å². The fourth-order valence-corrected chi connectivity index (χ4v) is 3.84. The summed E-state index contributed by atoms with van der Waals surface area (Å²) in [4.78, 5) is 10.5. The number of nitrogens with one attached hydrogen (secondary N) is 1. The van der Waals surface area contributed by atoms with Gasteiger partial charge in [-0.05, 0) is 42.0 Å². The molecule has 1 N–H and O–H groups in total. The van der Waals surface area contributed by atoms with Crippen molar-refractivity contribution in [1.29, 1.82) is 0 Å². The van der Waals surface area contributed by atoms with Crippen molar-refractivity contribution in [3.8, 4) is 0 Å². The molecule has 0 radical (unpaired) electrons. The molecule has 23 heavy (non-hydrogen) atoms. The van der Waals surface area contributed by atoms with Crippen LogP contribution in [0.5, 0.6) is 0 Å². The van der Waals surface area contributed by atoms with Gasteiger partial charge in [0.15, 0.2) is 0 Å². The molecule has 0 spiro atoms. The molecule has 4 heteroatoms. The molecule has 3 atom stereocenters. The summed E-state index contributed by atoms with van der Waals surface area (Å²) in [5.41, 5.74) is 5.02. The van der Waals surface area contributed by atoms with Crippen molar-refractivity contribution in [2.45, 2.75) is 25.3 Å². The highest BCUT2D eigenvalue weighted by atomic mass is 16.6. The van der Waals surface area contributed by atoms with E-state index in [-0.39, 0.29) is 16.7 Å². The van der Waals surface area contributed by atoms with Gasteiger partial charge in [-0.2, -0.15) is 0 Å². The molecule has 2 aromatic rings. The lowest BCUT2D eigenvalue weighted by Crippen LogP contribution is -2.29. The number of allylic oxidation sites excluding steroid dienone is 2. The predicted molar refractivity (Wildman–Crippen MR) is 90.6 cm³/mol. The fourth-order valence-electron chi connectivity index (χ4n) is 3.84. The van der Waals surface area contributed by atoms with Gasteiger partial charge in [-0.15, -0.1) is 0 Å². The van der Waals surface area contributed by atoms with Crippen molar-refractivity contribution in [2.24, 2.45) is 5.92 Å². The third kappa shape index (κ3) is 2.31. The molecule has 0 bridgehead atoms. The van der Waals surface area contributed by atoms with E-state index in [4.69, 9.17) is 0 Å². The van der Waals surface area contributed by atoms with Gasteiger partial charge >= 0.3 is 0 Å². The molecule has 0 saturated carbocycles. The molecule has 1 aliphatic carbocycles. The minimum absolute atomic E-state index is 0.141. The summed E-state index contributed by atoms with van der Waals surface area (Å²) in [6.45, 7) is 2.10. The van der Waals surface area contributed by atoms with Crippen molar-refractivity contribution in [3.05, 3.63) is 81.4 Å². The summed E-state index contributed by atoms with van der Waals surface area (Å²) in [6.07, 6.45) is 5.59. The van der Waals surface area contributed by atoms with Crippen molar-refractivity contribution in [3.63, 3.8) is 0 Å². The highest BCUT2D eigenvalue weighted by molar-refractivity contribution is 5.61. The van der Waals surface area contributed by atoms with Crippen molar-refractivity contribution in [2.75, 3.05) is 5.32 Å². The lowest BCUT2D eigenvalue weighted by atomic mass is 9.77. The fraction of sp³-hybridized carbons (Fsp3) is 0.263. The quantitative estimate of drug-likeness (QED) is 0.496. The van der Waals surface area contributed by atoms with E-state index in [0.717, 1.165) is 12.0 Å². The maximum Gasteiger partial charge on any atom is 0.269 e. The zero-order chi connectivity index (χ0) is 16.0. The molecule has 1 heterocycles. The molecule has 2 aliphatic rings. The van der Waals surface area contributed by atoms with E-state index in [2.05, 4.69) is 42.6 Å². The molecule has 2 aromatic carbocycles. The van der Waals surface area contributed by atoms with Gasteiger partial charge in [-0.1, -0.05) is 36.4 Å². The Morgan fingerprint density at radius 2 is 1.96 bits per heavy atom. The lowest BCUT2D eigenvalue weighted by Gasteiger charge is -2.37. The largest absolute Gasteiger partial charge is 0.378 e. The number of rotatable bonds is 2. The first-order valence-corrected chi connectivity index (χ1v) is 7.91. The van der Waals surface area contributed by atoms with Gasteiger partial charge in [-0.25, -0.2) is 0 Å². The first-order valence-electron chi connectivity index (χ1n) is 7.91. The van der Waals surface area contributed by atoms with E-state index in [1.165, 1.54) is 16.8 Å². The number of nitro benzene ring substituents is 1. The molecule has 0 unspecified atom stereocenters. The Balaban J connectivity index is 1.73. The van der Waals surface area contributed by atoms with Gasteiger partial charge in [0.05, 0.1) is 11.0 Å². The van der Waals surface area contributed by atoms with Crippen LogP contribution >= 0.6 is 0 Å². The lowest BCUT2D eigenvalue weighted by molar-refractivity contribution is -0.384. The summed E-state index contributed by atoms with van der Waals surface area (Å²) < 4.78 is 0. The number of hydrogen-bond acceptors (Lipinski definition) is 3.